The van der Waals surface area contributed by atoms with Crippen molar-refractivity contribution in [3.63, 3.8) is 0 Å². The second-order valence-corrected chi connectivity index (χ2v) is 7.33. The SMILES string of the molecule is O=S(=O)(c1[nH]ncc1CCl)N1CCOC2CCCCC21. The summed E-state index contributed by atoms with van der Waals surface area (Å²) in [5, 5.41) is 6.52. The molecule has 8 heteroatoms. The molecule has 0 aromatic carbocycles. The van der Waals surface area contributed by atoms with Crippen molar-refractivity contribution in [1.82, 2.24) is 14.5 Å². The molecule has 0 amide bonds. The molecule has 2 aliphatic rings. The lowest BCUT2D eigenvalue weighted by Crippen LogP contribution is -2.54. The van der Waals surface area contributed by atoms with E-state index in [-0.39, 0.29) is 23.1 Å². The first-order valence-corrected chi connectivity index (χ1v) is 8.83. The van der Waals surface area contributed by atoms with Crippen LogP contribution in [0, 0.1) is 0 Å². The van der Waals surface area contributed by atoms with Gasteiger partial charge in [0, 0.05) is 12.1 Å². The van der Waals surface area contributed by atoms with E-state index < -0.39 is 10.0 Å². The lowest BCUT2D eigenvalue weighted by molar-refractivity contribution is -0.0586. The van der Waals surface area contributed by atoms with Gasteiger partial charge >= 0.3 is 0 Å². The number of hydrogen-bond acceptors (Lipinski definition) is 4. The van der Waals surface area contributed by atoms with Gasteiger partial charge in [-0.05, 0) is 12.8 Å². The summed E-state index contributed by atoms with van der Waals surface area (Å²) in [6.45, 7) is 0.842. The number of rotatable bonds is 3. The summed E-state index contributed by atoms with van der Waals surface area (Å²) in [5.74, 6) is 0.128. The van der Waals surface area contributed by atoms with Crippen molar-refractivity contribution < 1.29 is 13.2 Å². The molecule has 2 fully saturated rings. The number of morpholine rings is 1. The summed E-state index contributed by atoms with van der Waals surface area (Å²) in [7, 11) is -3.58. The highest BCUT2D eigenvalue weighted by Gasteiger charge is 2.42. The molecule has 2 heterocycles. The molecule has 1 aromatic heterocycles. The average Bonchev–Trinajstić information content (AvgIpc) is 2.96. The van der Waals surface area contributed by atoms with E-state index in [0.29, 0.717) is 18.7 Å². The summed E-state index contributed by atoms with van der Waals surface area (Å²) in [6.07, 6.45) is 5.43. The monoisotopic (exact) mass is 319 g/mol. The number of H-pyrrole nitrogens is 1. The van der Waals surface area contributed by atoms with E-state index >= 15 is 0 Å². The van der Waals surface area contributed by atoms with Crippen molar-refractivity contribution in [1.29, 1.82) is 0 Å². The quantitative estimate of drug-likeness (QED) is 0.856. The normalized spacial score (nSPS) is 28.2. The molecule has 0 spiro atoms. The standard InChI is InChI=1S/C12H18ClN3O3S/c13-7-9-8-14-15-12(9)20(17,18)16-5-6-19-11-4-2-1-3-10(11)16/h8,10-11H,1-7H2,(H,14,15). The molecule has 1 saturated heterocycles. The van der Waals surface area contributed by atoms with Crippen LogP contribution in [0.2, 0.25) is 0 Å². The summed E-state index contributed by atoms with van der Waals surface area (Å²) < 4.78 is 32.9. The molecule has 112 valence electrons. The highest BCUT2D eigenvalue weighted by molar-refractivity contribution is 7.89. The molecule has 1 aliphatic heterocycles. The van der Waals surface area contributed by atoms with Gasteiger partial charge in [0.05, 0.1) is 30.8 Å². The van der Waals surface area contributed by atoms with E-state index in [2.05, 4.69) is 10.2 Å². The second kappa shape index (κ2) is 5.63. The Morgan fingerprint density at radius 1 is 1.45 bits per heavy atom. The molecule has 20 heavy (non-hydrogen) atoms. The first kappa shape index (κ1) is 14.3. The maximum absolute atomic E-state index is 12.8. The van der Waals surface area contributed by atoms with Crippen LogP contribution >= 0.6 is 11.6 Å². The van der Waals surface area contributed by atoms with Crippen LogP contribution in [0.15, 0.2) is 11.2 Å². The number of nitrogens with one attached hydrogen (secondary N) is 1. The van der Waals surface area contributed by atoms with Gasteiger partial charge in [-0.2, -0.15) is 9.40 Å². The van der Waals surface area contributed by atoms with Crippen molar-refractivity contribution >= 4 is 21.6 Å². The van der Waals surface area contributed by atoms with Gasteiger partial charge in [-0.1, -0.05) is 12.8 Å². The molecular formula is C12H18ClN3O3S. The van der Waals surface area contributed by atoms with Crippen LogP contribution in [-0.2, 0) is 20.6 Å². The number of ether oxygens (including phenoxy) is 1. The van der Waals surface area contributed by atoms with Crippen molar-refractivity contribution in [2.45, 2.75) is 48.7 Å². The molecule has 1 saturated carbocycles. The van der Waals surface area contributed by atoms with Crippen molar-refractivity contribution in [2.75, 3.05) is 13.2 Å². The lowest BCUT2D eigenvalue weighted by Gasteiger charge is -2.42. The second-order valence-electron chi connectivity index (χ2n) is 5.23. The molecular weight excluding hydrogens is 302 g/mol. The molecule has 2 atom stereocenters. The van der Waals surface area contributed by atoms with E-state index in [0.717, 1.165) is 25.7 Å². The zero-order valence-corrected chi connectivity index (χ0v) is 12.7. The third kappa shape index (κ3) is 2.36. The minimum Gasteiger partial charge on any atom is -0.375 e. The summed E-state index contributed by atoms with van der Waals surface area (Å²) in [6, 6.07) is -0.0611. The van der Waals surface area contributed by atoms with Gasteiger partial charge in [0.15, 0.2) is 5.03 Å². The zero-order chi connectivity index (χ0) is 14.2. The van der Waals surface area contributed by atoms with E-state index in [1.807, 2.05) is 0 Å². The molecule has 2 unspecified atom stereocenters. The summed E-state index contributed by atoms with van der Waals surface area (Å²) in [5.41, 5.74) is 0.519. The highest BCUT2D eigenvalue weighted by atomic mass is 35.5. The fraction of sp³-hybridized carbons (Fsp3) is 0.750. The molecule has 6 nitrogen and oxygen atoms in total. The van der Waals surface area contributed by atoms with Gasteiger partial charge in [0.1, 0.15) is 0 Å². The Morgan fingerprint density at radius 3 is 3.05 bits per heavy atom. The Bertz CT molecular complexity index is 572. The maximum Gasteiger partial charge on any atom is 0.260 e. The summed E-state index contributed by atoms with van der Waals surface area (Å²) >= 11 is 5.79. The molecule has 3 rings (SSSR count). The topological polar surface area (TPSA) is 75.3 Å². The number of aromatic nitrogens is 2. The zero-order valence-electron chi connectivity index (χ0n) is 11.1. The highest BCUT2D eigenvalue weighted by Crippen LogP contribution is 2.32. The Morgan fingerprint density at radius 2 is 2.25 bits per heavy atom. The first-order valence-electron chi connectivity index (χ1n) is 6.86. The van der Waals surface area contributed by atoms with Gasteiger partial charge in [-0.15, -0.1) is 11.6 Å². The predicted octanol–water partition coefficient (Wildman–Crippen LogP) is 1.48. The van der Waals surface area contributed by atoms with Crippen LogP contribution < -0.4 is 0 Å². The van der Waals surface area contributed by atoms with Gasteiger partial charge in [0.2, 0.25) is 0 Å². The van der Waals surface area contributed by atoms with Gasteiger partial charge in [-0.3, -0.25) is 5.10 Å². The Labute approximate surface area is 123 Å². The van der Waals surface area contributed by atoms with Crippen LogP contribution in [0.25, 0.3) is 0 Å². The molecule has 0 bridgehead atoms. The number of halogens is 1. The van der Waals surface area contributed by atoms with E-state index in [1.165, 1.54) is 6.20 Å². The van der Waals surface area contributed by atoms with E-state index in [9.17, 15) is 8.42 Å². The van der Waals surface area contributed by atoms with Crippen molar-refractivity contribution in [3.05, 3.63) is 11.8 Å². The van der Waals surface area contributed by atoms with Gasteiger partial charge < -0.3 is 4.74 Å². The summed E-state index contributed by atoms with van der Waals surface area (Å²) in [4.78, 5) is 0. The number of alkyl halides is 1. The van der Waals surface area contributed by atoms with Crippen LogP contribution in [0.5, 0.6) is 0 Å². The smallest absolute Gasteiger partial charge is 0.260 e. The number of sulfonamides is 1. The van der Waals surface area contributed by atoms with E-state index in [4.69, 9.17) is 16.3 Å². The molecule has 0 radical (unpaired) electrons. The Balaban J connectivity index is 1.93. The fourth-order valence-corrected chi connectivity index (χ4v) is 5.15. The number of hydrogen-bond donors (Lipinski definition) is 1. The van der Waals surface area contributed by atoms with Crippen LogP contribution in [0.3, 0.4) is 0 Å². The largest absolute Gasteiger partial charge is 0.375 e. The van der Waals surface area contributed by atoms with Crippen LogP contribution in [0.1, 0.15) is 31.2 Å². The van der Waals surface area contributed by atoms with Gasteiger partial charge in [-0.25, -0.2) is 8.42 Å². The lowest BCUT2D eigenvalue weighted by atomic mass is 9.91. The van der Waals surface area contributed by atoms with Crippen molar-refractivity contribution in [2.24, 2.45) is 0 Å². The predicted molar refractivity (Wildman–Crippen MR) is 74.0 cm³/mol. The minimum atomic E-state index is -3.58. The Kier molecular flexibility index (Phi) is 4.03. The average molecular weight is 320 g/mol. The van der Waals surface area contributed by atoms with Crippen molar-refractivity contribution in [3.8, 4) is 0 Å². The minimum absolute atomic E-state index is 0.0228. The number of nitrogens with zero attached hydrogens (tertiary/aromatic N) is 2. The fourth-order valence-electron chi connectivity index (χ4n) is 3.09. The molecule has 1 N–H and O–H groups in total. The van der Waals surface area contributed by atoms with Crippen LogP contribution in [-0.4, -0.2) is 48.2 Å². The third-order valence-electron chi connectivity index (χ3n) is 4.07. The maximum atomic E-state index is 12.8. The van der Waals surface area contributed by atoms with E-state index in [1.54, 1.807) is 4.31 Å². The Hall–Kier alpha value is -0.630. The first-order chi connectivity index (χ1) is 9.64. The molecule has 1 aromatic rings. The van der Waals surface area contributed by atoms with Gasteiger partial charge in [0.25, 0.3) is 10.0 Å². The third-order valence-corrected chi connectivity index (χ3v) is 6.30. The number of aromatic amines is 1. The molecule has 1 aliphatic carbocycles. The number of fused-ring (bicyclic) bond motifs is 1. The van der Waals surface area contributed by atoms with Crippen LogP contribution in [0.4, 0.5) is 0 Å².